The number of hydrogen-bond donors (Lipinski definition) is 1. The highest BCUT2D eigenvalue weighted by molar-refractivity contribution is 7.21. The first-order valence-corrected chi connectivity index (χ1v) is 6.76. The number of fused-ring (bicyclic) bond motifs is 1. The molecule has 0 aromatic carbocycles. The largest absolute Gasteiger partial charge is 0.320 e. The minimum absolute atomic E-state index is 0.0629. The van der Waals surface area contributed by atoms with Crippen molar-refractivity contribution in [3.8, 4) is 0 Å². The average molecular weight is 303 g/mol. The van der Waals surface area contributed by atoms with Gasteiger partial charge in [-0.15, -0.1) is 11.3 Å². The standard InChI is InChI=1S/C13H8BF2N3OS/c1-6-4-19-5-7(2-9(16)12(19)17-6)18-13(20)10-3-8(15)11(14)21-10/h2-5H,1H3,(H,18,20). The van der Waals surface area contributed by atoms with Crippen LogP contribution in [0, 0.1) is 18.6 Å². The van der Waals surface area contributed by atoms with Gasteiger partial charge in [-0.1, -0.05) is 0 Å². The van der Waals surface area contributed by atoms with Gasteiger partial charge in [-0.05, 0) is 17.8 Å². The number of anilines is 1. The summed E-state index contributed by atoms with van der Waals surface area (Å²) >= 11 is 0.831. The number of carbonyl (C=O) groups excluding carboxylic acids is 1. The van der Waals surface area contributed by atoms with Crippen LogP contribution < -0.4 is 10.1 Å². The molecule has 0 aliphatic rings. The number of hydrogen-bond acceptors (Lipinski definition) is 3. The van der Waals surface area contributed by atoms with Gasteiger partial charge in [0.1, 0.15) is 13.7 Å². The maximum absolute atomic E-state index is 13.9. The number of halogens is 2. The molecule has 3 aromatic heterocycles. The second-order valence-electron chi connectivity index (χ2n) is 4.47. The fraction of sp³-hybridized carbons (Fsp3) is 0.0769. The van der Waals surface area contributed by atoms with E-state index in [2.05, 4.69) is 10.3 Å². The van der Waals surface area contributed by atoms with Gasteiger partial charge in [0.25, 0.3) is 5.91 Å². The van der Waals surface area contributed by atoms with Crippen LogP contribution in [0.1, 0.15) is 15.4 Å². The lowest BCUT2D eigenvalue weighted by Crippen LogP contribution is -2.11. The number of pyridine rings is 1. The maximum Gasteiger partial charge on any atom is 0.265 e. The molecule has 1 amide bonds. The van der Waals surface area contributed by atoms with Gasteiger partial charge in [0, 0.05) is 18.5 Å². The van der Waals surface area contributed by atoms with Crippen molar-refractivity contribution in [3.63, 3.8) is 0 Å². The average Bonchev–Trinajstić information content (AvgIpc) is 2.93. The van der Waals surface area contributed by atoms with E-state index in [0.29, 0.717) is 5.69 Å². The van der Waals surface area contributed by atoms with Gasteiger partial charge in [-0.2, -0.15) is 0 Å². The van der Waals surface area contributed by atoms with Crippen molar-refractivity contribution in [2.45, 2.75) is 6.92 Å². The monoisotopic (exact) mass is 303 g/mol. The van der Waals surface area contributed by atoms with Crippen molar-refractivity contribution < 1.29 is 13.6 Å². The van der Waals surface area contributed by atoms with Crippen molar-refractivity contribution >= 4 is 41.2 Å². The third kappa shape index (κ3) is 2.54. The number of aromatic nitrogens is 2. The van der Waals surface area contributed by atoms with Gasteiger partial charge in [-0.3, -0.25) is 4.79 Å². The van der Waals surface area contributed by atoms with E-state index in [1.54, 1.807) is 13.1 Å². The number of imidazole rings is 1. The molecule has 0 bridgehead atoms. The smallest absolute Gasteiger partial charge is 0.265 e. The summed E-state index contributed by atoms with van der Waals surface area (Å²) in [7, 11) is 5.36. The molecule has 2 radical (unpaired) electrons. The predicted molar refractivity (Wildman–Crippen MR) is 77.5 cm³/mol. The first-order valence-electron chi connectivity index (χ1n) is 5.95. The Bertz CT molecular complexity index is 839. The summed E-state index contributed by atoms with van der Waals surface area (Å²) in [4.78, 5) is 16.1. The van der Waals surface area contributed by atoms with Crippen LogP contribution in [0.5, 0.6) is 0 Å². The van der Waals surface area contributed by atoms with Crippen molar-refractivity contribution in [1.82, 2.24) is 9.38 Å². The highest BCUT2D eigenvalue weighted by Crippen LogP contribution is 2.18. The van der Waals surface area contributed by atoms with E-state index in [-0.39, 0.29) is 21.0 Å². The Labute approximate surface area is 123 Å². The van der Waals surface area contributed by atoms with E-state index in [0.717, 1.165) is 23.5 Å². The molecule has 3 rings (SSSR count). The zero-order valence-electron chi connectivity index (χ0n) is 10.9. The van der Waals surface area contributed by atoms with Gasteiger partial charge in [0.2, 0.25) is 0 Å². The van der Waals surface area contributed by atoms with Crippen LogP contribution in [-0.4, -0.2) is 23.1 Å². The number of aryl methyl sites for hydroxylation is 1. The van der Waals surface area contributed by atoms with Crippen molar-refractivity contribution in [3.05, 3.63) is 46.7 Å². The Hall–Kier alpha value is -2.22. The summed E-state index contributed by atoms with van der Waals surface area (Å²) in [5.74, 6) is -1.75. The van der Waals surface area contributed by atoms with Gasteiger partial charge in [0.15, 0.2) is 11.5 Å². The minimum Gasteiger partial charge on any atom is -0.320 e. The Morgan fingerprint density at radius 3 is 2.76 bits per heavy atom. The van der Waals surface area contributed by atoms with E-state index in [9.17, 15) is 13.6 Å². The van der Waals surface area contributed by atoms with Crippen LogP contribution in [0.3, 0.4) is 0 Å². The lowest BCUT2D eigenvalue weighted by Gasteiger charge is -2.05. The Morgan fingerprint density at radius 2 is 2.10 bits per heavy atom. The highest BCUT2D eigenvalue weighted by Gasteiger charge is 2.14. The summed E-state index contributed by atoms with van der Waals surface area (Å²) < 4.78 is 28.4. The summed E-state index contributed by atoms with van der Waals surface area (Å²) in [6.07, 6.45) is 3.17. The maximum atomic E-state index is 13.9. The fourth-order valence-corrected chi connectivity index (χ4v) is 2.63. The van der Waals surface area contributed by atoms with Crippen LogP contribution >= 0.6 is 11.3 Å². The molecule has 3 aromatic rings. The number of amides is 1. The Kier molecular flexibility index (Phi) is 3.25. The highest BCUT2D eigenvalue weighted by atomic mass is 32.1. The zero-order chi connectivity index (χ0) is 15.1. The molecule has 3 heterocycles. The molecule has 4 nitrogen and oxygen atoms in total. The second-order valence-corrected chi connectivity index (χ2v) is 5.55. The third-order valence-corrected chi connectivity index (χ3v) is 3.76. The van der Waals surface area contributed by atoms with E-state index >= 15 is 0 Å². The summed E-state index contributed by atoms with van der Waals surface area (Å²) in [5.41, 5.74) is 1.08. The number of rotatable bonds is 2. The van der Waals surface area contributed by atoms with Crippen LogP contribution in [-0.2, 0) is 0 Å². The summed E-state index contributed by atoms with van der Waals surface area (Å²) in [6.45, 7) is 1.74. The topological polar surface area (TPSA) is 46.4 Å². The van der Waals surface area contributed by atoms with Gasteiger partial charge in [-0.25, -0.2) is 13.8 Å². The lowest BCUT2D eigenvalue weighted by atomic mass is 10.1. The molecule has 0 aliphatic heterocycles. The van der Waals surface area contributed by atoms with Crippen molar-refractivity contribution in [2.75, 3.05) is 5.32 Å². The van der Waals surface area contributed by atoms with Gasteiger partial charge >= 0.3 is 0 Å². The summed E-state index contributed by atoms with van der Waals surface area (Å²) in [6, 6.07) is 2.21. The zero-order valence-corrected chi connectivity index (χ0v) is 11.7. The second kappa shape index (κ2) is 4.96. The number of nitrogens with zero attached hydrogens (tertiary/aromatic N) is 2. The van der Waals surface area contributed by atoms with E-state index in [1.165, 1.54) is 10.6 Å². The molecule has 0 fully saturated rings. The number of nitrogens with one attached hydrogen (secondary N) is 1. The SMILES string of the molecule is [B]c1sc(C(=O)Nc2cc(F)c3nc(C)cn3c2)cc1F. The lowest BCUT2D eigenvalue weighted by molar-refractivity contribution is 0.103. The molecule has 104 valence electrons. The van der Waals surface area contributed by atoms with Gasteiger partial charge in [0.05, 0.1) is 16.3 Å². The molecule has 0 unspecified atom stereocenters. The van der Waals surface area contributed by atoms with E-state index in [4.69, 9.17) is 7.85 Å². The third-order valence-electron chi connectivity index (χ3n) is 2.82. The van der Waals surface area contributed by atoms with Crippen LogP contribution in [0.2, 0.25) is 0 Å². The first-order chi connectivity index (χ1) is 9.94. The van der Waals surface area contributed by atoms with Crippen molar-refractivity contribution in [2.24, 2.45) is 0 Å². The molecule has 0 saturated carbocycles. The van der Waals surface area contributed by atoms with Gasteiger partial charge < -0.3 is 9.72 Å². The van der Waals surface area contributed by atoms with Crippen molar-refractivity contribution in [1.29, 1.82) is 0 Å². The molecule has 21 heavy (non-hydrogen) atoms. The number of carbonyl (C=O) groups is 1. The van der Waals surface area contributed by atoms with Crippen LogP contribution in [0.4, 0.5) is 14.5 Å². The number of thiophene rings is 1. The molecule has 8 heteroatoms. The molecule has 0 aliphatic carbocycles. The van der Waals surface area contributed by atoms with Crippen LogP contribution in [0.15, 0.2) is 24.5 Å². The molecular formula is C13H8BF2N3OS. The quantitative estimate of drug-likeness (QED) is 0.736. The van der Waals surface area contributed by atoms with E-state index in [1.807, 2.05) is 0 Å². The van der Waals surface area contributed by atoms with E-state index < -0.39 is 17.5 Å². The first kappa shape index (κ1) is 13.8. The fourth-order valence-electron chi connectivity index (χ4n) is 1.94. The Balaban J connectivity index is 1.92. The molecule has 1 N–H and O–H groups in total. The predicted octanol–water partition coefficient (Wildman–Crippen LogP) is 2.03. The molecular weight excluding hydrogens is 295 g/mol. The molecule has 0 spiro atoms. The molecule has 0 atom stereocenters. The van der Waals surface area contributed by atoms with Crippen LogP contribution in [0.25, 0.3) is 5.65 Å². The Morgan fingerprint density at radius 1 is 1.33 bits per heavy atom. The molecule has 0 saturated heterocycles. The normalized spacial score (nSPS) is 11.0. The summed E-state index contributed by atoms with van der Waals surface area (Å²) in [5, 5.41) is 2.50. The minimum atomic E-state index is -0.642.